The van der Waals surface area contributed by atoms with Crippen molar-refractivity contribution in [3.63, 3.8) is 0 Å². The number of nitrogens with zero attached hydrogens (tertiary/aromatic N) is 5. The number of hydrogen-bond acceptors (Lipinski definition) is 9. The summed E-state index contributed by atoms with van der Waals surface area (Å²) in [5, 5.41) is 13.3. The van der Waals surface area contributed by atoms with Crippen molar-refractivity contribution in [1.29, 1.82) is 0 Å². The summed E-state index contributed by atoms with van der Waals surface area (Å²) < 4.78 is 5.79. The van der Waals surface area contributed by atoms with Gasteiger partial charge >= 0.3 is 0 Å². The van der Waals surface area contributed by atoms with E-state index in [0.717, 1.165) is 89.0 Å². The molecule has 4 atom stereocenters. The van der Waals surface area contributed by atoms with Crippen molar-refractivity contribution in [2.45, 2.75) is 75.5 Å². The van der Waals surface area contributed by atoms with Crippen LogP contribution in [0.15, 0.2) is 119 Å². The number of aromatic nitrogens is 3. The number of carbonyl (C=O) groups is 4. The summed E-state index contributed by atoms with van der Waals surface area (Å²) in [5.41, 5.74) is 6.26. The molecule has 0 radical (unpaired) electrons. The summed E-state index contributed by atoms with van der Waals surface area (Å²) in [6.45, 7) is 1.17. The van der Waals surface area contributed by atoms with Crippen molar-refractivity contribution >= 4 is 35.0 Å². The van der Waals surface area contributed by atoms with E-state index < -0.39 is 12.1 Å². The standard InChI is InChI=1S/C49H47N7O5S/c57-44(36-23-24-36)51-41(33-9-3-1-4-10-33)48(59)55-27-7-13-39(55)46-53-43(54-61-46)35-21-17-31(18-22-35)30-15-19-32(20-16-30)38-29-62-47(50-38)40-14-8-28-56(40)49(60)42(34-11-5-2-6-12-34)52-45(58)37-25-26-37/h1-6,9-12,15-22,29,36-37,39-42H,7-8,13-14,23-28H2,(H,51,57)(H,52,58). The Labute approximate surface area is 363 Å². The van der Waals surface area contributed by atoms with E-state index >= 15 is 0 Å². The van der Waals surface area contributed by atoms with Crippen LogP contribution in [0.3, 0.4) is 0 Å². The second-order valence-electron chi connectivity index (χ2n) is 16.8. The zero-order chi connectivity index (χ0) is 42.2. The number of rotatable bonds is 13. The molecule has 2 N–H and O–H groups in total. The van der Waals surface area contributed by atoms with Crippen LogP contribution in [0.2, 0.25) is 0 Å². The Balaban J connectivity index is 0.797. The van der Waals surface area contributed by atoms with Crippen molar-refractivity contribution < 1.29 is 23.7 Å². The van der Waals surface area contributed by atoms with Crippen LogP contribution in [0, 0.1) is 11.8 Å². The monoisotopic (exact) mass is 845 g/mol. The predicted octanol–water partition coefficient (Wildman–Crippen LogP) is 8.39. The van der Waals surface area contributed by atoms with Gasteiger partial charge in [-0.05, 0) is 73.6 Å². The van der Waals surface area contributed by atoms with Crippen molar-refractivity contribution in [1.82, 2.24) is 35.6 Å². The lowest BCUT2D eigenvalue weighted by Gasteiger charge is -2.28. The van der Waals surface area contributed by atoms with Gasteiger partial charge in [0.1, 0.15) is 23.1 Å². The molecule has 4 unspecified atom stereocenters. The molecule has 2 aliphatic carbocycles. The quantitative estimate of drug-likeness (QED) is 0.118. The van der Waals surface area contributed by atoms with Crippen LogP contribution in [-0.4, -0.2) is 61.6 Å². The topological polar surface area (TPSA) is 151 Å². The first-order chi connectivity index (χ1) is 30.4. The molecule has 4 amide bonds. The molecule has 12 nitrogen and oxygen atoms in total. The molecule has 2 saturated heterocycles. The second-order valence-corrected chi connectivity index (χ2v) is 17.7. The molecule has 314 valence electrons. The molecule has 13 heteroatoms. The largest absolute Gasteiger partial charge is 0.340 e. The van der Waals surface area contributed by atoms with Crippen molar-refractivity contribution in [2.75, 3.05) is 13.1 Å². The van der Waals surface area contributed by atoms with Crippen LogP contribution in [0.5, 0.6) is 0 Å². The third kappa shape index (κ3) is 8.28. The smallest absolute Gasteiger partial charge is 0.250 e. The first-order valence-corrected chi connectivity index (χ1v) is 22.6. The molecule has 10 rings (SSSR count). The molecule has 4 aromatic carbocycles. The van der Waals surface area contributed by atoms with E-state index in [-0.39, 0.29) is 47.5 Å². The summed E-state index contributed by atoms with van der Waals surface area (Å²) in [6, 6.07) is 33.2. The number of nitrogens with one attached hydrogen (secondary N) is 2. The zero-order valence-electron chi connectivity index (χ0n) is 34.2. The van der Waals surface area contributed by atoms with Gasteiger partial charge in [0.05, 0.1) is 11.7 Å². The Bertz CT molecular complexity index is 2390. The minimum Gasteiger partial charge on any atom is -0.340 e. The van der Waals surface area contributed by atoms with Crippen LogP contribution in [-0.2, 0) is 19.2 Å². The maximum absolute atomic E-state index is 14.1. The first kappa shape index (κ1) is 39.7. The normalized spacial score (nSPS) is 19.5. The molecule has 2 aromatic heterocycles. The Morgan fingerprint density at radius 1 is 0.581 bits per heavy atom. The molecular formula is C49H47N7O5S. The van der Waals surface area contributed by atoms with Gasteiger partial charge in [-0.15, -0.1) is 11.3 Å². The Morgan fingerprint density at radius 2 is 1.06 bits per heavy atom. The molecule has 0 bridgehead atoms. The minimum atomic E-state index is -0.778. The first-order valence-electron chi connectivity index (χ1n) is 21.7. The fourth-order valence-corrected chi connectivity index (χ4v) is 9.66. The number of hydrogen-bond donors (Lipinski definition) is 2. The molecule has 4 heterocycles. The highest BCUT2D eigenvalue weighted by molar-refractivity contribution is 7.10. The van der Waals surface area contributed by atoms with Gasteiger partial charge in [-0.2, -0.15) is 4.98 Å². The molecule has 2 aliphatic heterocycles. The number of benzene rings is 4. The van der Waals surface area contributed by atoms with E-state index in [1.54, 1.807) is 16.2 Å². The molecule has 4 fully saturated rings. The SMILES string of the molecule is O=C(NC(C(=O)N1CCCC1c1nc(-c2ccc(-c3ccc(-c4csc(C5CCCN5C(=O)C(NC(=O)C5CC5)c5ccccc5)n4)cc3)cc2)no1)c1ccccc1)C1CC1. The van der Waals surface area contributed by atoms with E-state index in [4.69, 9.17) is 14.5 Å². The van der Waals surface area contributed by atoms with Crippen molar-refractivity contribution in [3.8, 4) is 33.8 Å². The van der Waals surface area contributed by atoms with Gasteiger partial charge in [-0.25, -0.2) is 4.98 Å². The van der Waals surface area contributed by atoms with E-state index in [1.165, 1.54) is 0 Å². The summed E-state index contributed by atoms with van der Waals surface area (Å²) in [6.07, 6.45) is 6.65. The Hall–Kier alpha value is -6.47. The highest BCUT2D eigenvalue weighted by Crippen LogP contribution is 2.39. The van der Waals surface area contributed by atoms with E-state index in [1.807, 2.05) is 89.8 Å². The fraction of sp³-hybridized carbons (Fsp3) is 0.327. The lowest BCUT2D eigenvalue weighted by atomic mass is 10.0. The van der Waals surface area contributed by atoms with Crippen LogP contribution in [0.1, 0.15) is 97.6 Å². The molecule has 62 heavy (non-hydrogen) atoms. The van der Waals surface area contributed by atoms with Gasteiger partial charge in [0, 0.05) is 41.4 Å². The van der Waals surface area contributed by atoms with Crippen LogP contribution >= 0.6 is 11.3 Å². The van der Waals surface area contributed by atoms with Gasteiger partial charge in [0.25, 0.3) is 0 Å². The van der Waals surface area contributed by atoms with Crippen LogP contribution < -0.4 is 10.6 Å². The molecule has 2 saturated carbocycles. The number of thiazole rings is 1. The molecule has 4 aliphatic rings. The third-order valence-electron chi connectivity index (χ3n) is 12.5. The van der Waals surface area contributed by atoms with Crippen molar-refractivity contribution in [3.05, 3.63) is 137 Å². The Kier molecular flexibility index (Phi) is 11.0. The average molecular weight is 846 g/mol. The fourth-order valence-electron chi connectivity index (χ4n) is 8.69. The number of amides is 4. The second kappa shape index (κ2) is 17.1. The van der Waals surface area contributed by atoms with Gasteiger partial charge < -0.3 is 25.0 Å². The van der Waals surface area contributed by atoms with Crippen molar-refractivity contribution in [2.24, 2.45) is 11.8 Å². The number of likely N-dealkylation sites (tertiary alicyclic amines) is 2. The summed E-state index contributed by atoms with van der Waals surface area (Å²) in [7, 11) is 0. The van der Waals surface area contributed by atoms with E-state index in [0.29, 0.717) is 31.2 Å². The molecular weight excluding hydrogens is 799 g/mol. The Morgan fingerprint density at radius 3 is 1.60 bits per heavy atom. The lowest BCUT2D eigenvalue weighted by molar-refractivity contribution is -0.138. The van der Waals surface area contributed by atoms with Crippen LogP contribution in [0.25, 0.3) is 33.8 Å². The summed E-state index contributed by atoms with van der Waals surface area (Å²) in [4.78, 5) is 67.3. The summed E-state index contributed by atoms with van der Waals surface area (Å²) in [5.74, 6) is 0.430. The highest BCUT2D eigenvalue weighted by atomic mass is 32.1. The van der Waals surface area contributed by atoms with Gasteiger partial charge in [0.2, 0.25) is 35.3 Å². The van der Waals surface area contributed by atoms with Gasteiger partial charge in [0.15, 0.2) is 0 Å². The molecule has 0 spiro atoms. The van der Waals surface area contributed by atoms with Gasteiger partial charge in [-0.1, -0.05) is 114 Å². The summed E-state index contributed by atoms with van der Waals surface area (Å²) >= 11 is 1.57. The van der Waals surface area contributed by atoms with Gasteiger partial charge in [-0.3, -0.25) is 19.2 Å². The number of carbonyl (C=O) groups excluding carboxylic acids is 4. The average Bonchev–Trinajstić information content (AvgIpc) is 4.07. The molecule has 6 aromatic rings. The van der Waals surface area contributed by atoms with E-state index in [9.17, 15) is 19.2 Å². The minimum absolute atomic E-state index is 0.00430. The van der Waals surface area contributed by atoms with Crippen LogP contribution in [0.4, 0.5) is 0 Å². The van der Waals surface area contributed by atoms with E-state index in [2.05, 4.69) is 45.4 Å². The zero-order valence-corrected chi connectivity index (χ0v) is 35.0. The maximum atomic E-state index is 14.1. The third-order valence-corrected chi connectivity index (χ3v) is 13.4. The maximum Gasteiger partial charge on any atom is 0.250 e. The lowest BCUT2D eigenvalue weighted by Crippen LogP contribution is -2.43. The predicted molar refractivity (Wildman–Crippen MR) is 234 cm³/mol. The highest BCUT2D eigenvalue weighted by Gasteiger charge is 2.41.